The molecule has 1 aromatic rings. The molecule has 3 N–H and O–H groups in total. The minimum absolute atomic E-state index is 0. The number of aryl methyl sites for hydroxylation is 1. The molecule has 1 rings (SSSR count). The van der Waals surface area contributed by atoms with E-state index in [-0.39, 0.29) is 30.7 Å². The summed E-state index contributed by atoms with van der Waals surface area (Å²) < 4.78 is 0. The molecule has 4 nitrogen and oxygen atoms in total. The molecule has 0 fully saturated rings. The lowest BCUT2D eigenvalue weighted by Gasteiger charge is -2.25. The van der Waals surface area contributed by atoms with Gasteiger partial charge in [0.25, 0.3) is 0 Å². The molecule has 1 heterocycles. The average molecular weight is 328 g/mol. The summed E-state index contributed by atoms with van der Waals surface area (Å²) in [6, 6.07) is -0.430. The summed E-state index contributed by atoms with van der Waals surface area (Å²) in [5.41, 5.74) is 5.33. The molecule has 1 aromatic heterocycles. The van der Waals surface area contributed by atoms with E-state index in [1.165, 1.54) is 0 Å². The molecule has 0 bridgehead atoms. The Morgan fingerprint density at radius 1 is 1.53 bits per heavy atom. The van der Waals surface area contributed by atoms with Crippen molar-refractivity contribution in [2.45, 2.75) is 52.1 Å². The third-order valence-corrected chi connectivity index (χ3v) is 3.76. The van der Waals surface area contributed by atoms with E-state index in [9.17, 15) is 4.79 Å². The van der Waals surface area contributed by atoms with E-state index in [1.54, 1.807) is 11.3 Å². The van der Waals surface area contributed by atoms with Gasteiger partial charge < -0.3 is 11.1 Å². The summed E-state index contributed by atoms with van der Waals surface area (Å²) >= 11 is 1.60. The number of hydrogen-bond acceptors (Lipinski definition) is 4. The first-order valence-corrected chi connectivity index (χ1v) is 6.69. The van der Waals surface area contributed by atoms with Gasteiger partial charge in [-0.05, 0) is 27.2 Å². The number of rotatable bonds is 5. The maximum atomic E-state index is 11.9. The van der Waals surface area contributed by atoms with Crippen LogP contribution in [0.3, 0.4) is 0 Å². The van der Waals surface area contributed by atoms with Crippen molar-refractivity contribution in [2.75, 3.05) is 0 Å². The molecule has 1 unspecified atom stereocenters. The molecule has 7 heteroatoms. The number of nitrogens with two attached hydrogens (primary N) is 1. The fourth-order valence-corrected chi connectivity index (χ4v) is 2.36. The topological polar surface area (TPSA) is 68.0 Å². The number of carbonyl (C=O) groups is 1. The van der Waals surface area contributed by atoms with Crippen molar-refractivity contribution in [1.82, 2.24) is 10.3 Å². The number of hydrogen-bond donors (Lipinski definition) is 2. The highest BCUT2D eigenvalue weighted by molar-refractivity contribution is 7.11. The third kappa shape index (κ3) is 6.08. The zero-order valence-electron chi connectivity index (χ0n) is 11.7. The fourth-order valence-electron chi connectivity index (χ4n) is 1.54. The van der Waals surface area contributed by atoms with E-state index in [0.717, 1.165) is 16.3 Å². The minimum atomic E-state index is -0.457. The highest BCUT2D eigenvalue weighted by Crippen LogP contribution is 2.24. The standard InChI is InChI=1S/C12H21N3OS.2ClH/c1-5-6-9(13)10(16)15-12(3,4)11-14-7-8(2)17-11;;/h7,9H,5-6,13H2,1-4H3,(H,15,16);2*1H. The smallest absolute Gasteiger partial charge is 0.237 e. The molecule has 0 radical (unpaired) electrons. The van der Waals surface area contributed by atoms with Crippen LogP contribution in [-0.2, 0) is 10.3 Å². The van der Waals surface area contributed by atoms with Gasteiger partial charge in [-0.25, -0.2) is 4.98 Å². The summed E-state index contributed by atoms with van der Waals surface area (Å²) in [6.07, 6.45) is 3.43. The molecule has 112 valence electrons. The van der Waals surface area contributed by atoms with Gasteiger partial charge in [-0.3, -0.25) is 4.79 Å². The SMILES string of the molecule is CCCC(N)C(=O)NC(C)(C)c1ncc(C)s1.Cl.Cl. The van der Waals surface area contributed by atoms with Crippen LogP contribution in [0.5, 0.6) is 0 Å². The Kier molecular flexibility index (Phi) is 9.64. The Balaban J connectivity index is 0. The number of thiazole rings is 1. The van der Waals surface area contributed by atoms with Crippen LogP contribution in [0.2, 0.25) is 0 Å². The van der Waals surface area contributed by atoms with Crippen LogP contribution in [0, 0.1) is 6.92 Å². The Bertz CT molecular complexity index is 396. The van der Waals surface area contributed by atoms with Crippen molar-refractivity contribution >= 4 is 42.1 Å². The van der Waals surface area contributed by atoms with Crippen molar-refractivity contribution in [3.05, 3.63) is 16.1 Å². The molecule has 0 aliphatic rings. The third-order valence-electron chi connectivity index (χ3n) is 2.53. The van der Waals surface area contributed by atoms with Crippen LogP contribution in [0.1, 0.15) is 43.5 Å². The van der Waals surface area contributed by atoms with Gasteiger partial charge in [0.05, 0.1) is 11.6 Å². The summed E-state index contributed by atoms with van der Waals surface area (Å²) in [6.45, 7) is 7.91. The molecular weight excluding hydrogens is 305 g/mol. The second-order valence-corrected chi connectivity index (χ2v) is 6.02. The van der Waals surface area contributed by atoms with E-state index >= 15 is 0 Å². The number of aromatic nitrogens is 1. The van der Waals surface area contributed by atoms with Crippen LogP contribution in [0.25, 0.3) is 0 Å². The average Bonchev–Trinajstić information content (AvgIpc) is 2.65. The summed E-state index contributed by atoms with van der Waals surface area (Å²) in [5.74, 6) is -0.107. The molecule has 0 saturated heterocycles. The predicted molar refractivity (Wildman–Crippen MR) is 85.4 cm³/mol. The molecule has 0 aliphatic carbocycles. The lowest BCUT2D eigenvalue weighted by atomic mass is 10.1. The van der Waals surface area contributed by atoms with Gasteiger partial charge in [0.2, 0.25) is 5.91 Å². The van der Waals surface area contributed by atoms with E-state index in [2.05, 4.69) is 10.3 Å². The molecule has 19 heavy (non-hydrogen) atoms. The summed E-state index contributed by atoms with van der Waals surface area (Å²) in [5, 5.41) is 3.86. The Hall–Kier alpha value is -0.360. The van der Waals surface area contributed by atoms with Crippen LogP contribution in [0.15, 0.2) is 6.20 Å². The van der Waals surface area contributed by atoms with Gasteiger partial charge in [0, 0.05) is 11.1 Å². The lowest BCUT2D eigenvalue weighted by Crippen LogP contribution is -2.48. The quantitative estimate of drug-likeness (QED) is 0.873. The molecule has 1 atom stereocenters. The Morgan fingerprint density at radius 2 is 2.11 bits per heavy atom. The first-order valence-electron chi connectivity index (χ1n) is 5.87. The van der Waals surface area contributed by atoms with Crippen LogP contribution >= 0.6 is 36.2 Å². The maximum absolute atomic E-state index is 11.9. The highest BCUT2D eigenvalue weighted by atomic mass is 35.5. The van der Waals surface area contributed by atoms with Crippen molar-refractivity contribution < 1.29 is 4.79 Å². The molecule has 1 amide bonds. The molecule has 0 aliphatic heterocycles. The first kappa shape index (κ1) is 20.9. The number of halogens is 2. The first-order chi connectivity index (χ1) is 7.86. The zero-order valence-corrected chi connectivity index (χ0v) is 14.2. The van der Waals surface area contributed by atoms with Gasteiger partial charge in [0.15, 0.2) is 0 Å². The summed E-state index contributed by atoms with van der Waals surface area (Å²) in [7, 11) is 0. The van der Waals surface area contributed by atoms with Crippen molar-refractivity contribution in [3.63, 3.8) is 0 Å². The van der Waals surface area contributed by atoms with Gasteiger partial charge >= 0.3 is 0 Å². The number of carbonyl (C=O) groups excluding carboxylic acids is 1. The van der Waals surface area contributed by atoms with E-state index in [4.69, 9.17) is 5.73 Å². The normalized spacial score (nSPS) is 12.1. The minimum Gasteiger partial charge on any atom is -0.343 e. The second-order valence-electron chi connectivity index (χ2n) is 4.79. The van der Waals surface area contributed by atoms with Crippen LogP contribution in [-0.4, -0.2) is 16.9 Å². The van der Waals surface area contributed by atoms with E-state index in [1.807, 2.05) is 33.9 Å². The fraction of sp³-hybridized carbons (Fsp3) is 0.667. The van der Waals surface area contributed by atoms with Gasteiger partial charge in [-0.15, -0.1) is 36.2 Å². The molecule has 0 saturated carbocycles. The predicted octanol–water partition coefficient (Wildman–Crippen LogP) is 2.77. The molecule has 0 spiro atoms. The van der Waals surface area contributed by atoms with Gasteiger partial charge in [-0.2, -0.15) is 0 Å². The lowest BCUT2D eigenvalue weighted by molar-refractivity contribution is -0.124. The summed E-state index contributed by atoms with van der Waals surface area (Å²) in [4.78, 5) is 17.3. The largest absolute Gasteiger partial charge is 0.343 e. The zero-order chi connectivity index (χ0) is 13.1. The number of nitrogens with zero attached hydrogens (tertiary/aromatic N) is 1. The Morgan fingerprint density at radius 3 is 2.53 bits per heavy atom. The molecular formula is C12H23Cl2N3OS. The van der Waals surface area contributed by atoms with Crippen molar-refractivity contribution in [1.29, 1.82) is 0 Å². The van der Waals surface area contributed by atoms with Crippen LogP contribution in [0.4, 0.5) is 0 Å². The van der Waals surface area contributed by atoms with Gasteiger partial charge in [-0.1, -0.05) is 13.3 Å². The Labute approximate surface area is 131 Å². The van der Waals surface area contributed by atoms with Crippen LogP contribution < -0.4 is 11.1 Å². The van der Waals surface area contributed by atoms with Crippen molar-refractivity contribution in [2.24, 2.45) is 5.73 Å². The monoisotopic (exact) mass is 327 g/mol. The van der Waals surface area contributed by atoms with E-state index in [0.29, 0.717) is 6.42 Å². The molecule has 0 aromatic carbocycles. The second kappa shape index (κ2) is 8.74. The highest BCUT2D eigenvalue weighted by Gasteiger charge is 2.27. The number of nitrogens with one attached hydrogen (secondary N) is 1. The van der Waals surface area contributed by atoms with Crippen molar-refractivity contribution in [3.8, 4) is 0 Å². The van der Waals surface area contributed by atoms with Gasteiger partial charge in [0.1, 0.15) is 5.01 Å². The van der Waals surface area contributed by atoms with E-state index < -0.39 is 11.6 Å². The maximum Gasteiger partial charge on any atom is 0.237 e. The number of amides is 1.